The third-order valence-electron chi connectivity index (χ3n) is 3.07. The Labute approximate surface area is 142 Å². The summed E-state index contributed by atoms with van der Waals surface area (Å²) in [6.45, 7) is 3.99. The monoisotopic (exact) mass is 361 g/mol. The number of esters is 4. The van der Waals surface area contributed by atoms with Crippen molar-refractivity contribution in [3.05, 3.63) is 4.91 Å². The first-order valence-corrected chi connectivity index (χ1v) is 7.28. The van der Waals surface area contributed by atoms with Gasteiger partial charge in [0.15, 0.2) is 18.3 Å². The van der Waals surface area contributed by atoms with Gasteiger partial charge in [0.1, 0.15) is 12.7 Å². The summed E-state index contributed by atoms with van der Waals surface area (Å²) in [4.78, 5) is 56.2. The molecule has 1 rings (SSSR count). The highest BCUT2D eigenvalue weighted by atomic mass is 16.7. The third kappa shape index (κ3) is 6.10. The quantitative estimate of drug-likeness (QED) is 0.355. The molecule has 1 aliphatic rings. The molecule has 1 heterocycles. The molecule has 0 bridgehead atoms. The van der Waals surface area contributed by atoms with Crippen LogP contribution in [0.1, 0.15) is 27.7 Å². The summed E-state index contributed by atoms with van der Waals surface area (Å²) < 4.78 is 25.3. The summed E-state index contributed by atoms with van der Waals surface area (Å²) in [6.07, 6.45) is -6.81. The smallest absolute Gasteiger partial charge is 0.303 e. The van der Waals surface area contributed by atoms with Crippen LogP contribution in [0, 0.1) is 4.91 Å². The van der Waals surface area contributed by atoms with Crippen molar-refractivity contribution in [1.82, 2.24) is 0 Å². The number of nitrogens with zero attached hydrogens (tertiary/aromatic N) is 1. The van der Waals surface area contributed by atoms with Crippen LogP contribution in [-0.4, -0.2) is 61.1 Å². The second-order valence-corrected chi connectivity index (χ2v) is 5.20. The fraction of sp³-hybridized carbons (Fsp3) is 0.714. The number of hydrogen-bond acceptors (Lipinski definition) is 11. The molecule has 0 saturated carbocycles. The summed E-state index contributed by atoms with van der Waals surface area (Å²) in [7, 11) is 0. The van der Waals surface area contributed by atoms with E-state index in [1.807, 2.05) is 0 Å². The molecule has 1 fully saturated rings. The molecule has 11 heteroatoms. The topological polar surface area (TPSA) is 144 Å². The van der Waals surface area contributed by atoms with Crippen LogP contribution in [0.15, 0.2) is 5.18 Å². The van der Waals surface area contributed by atoms with Gasteiger partial charge in [0, 0.05) is 27.7 Å². The predicted octanol–water partition coefficient (Wildman–Crippen LogP) is -0.164. The van der Waals surface area contributed by atoms with Crippen molar-refractivity contribution in [3.63, 3.8) is 0 Å². The Hall–Kier alpha value is -2.56. The average Bonchev–Trinajstić information content (AvgIpc) is 2.48. The highest BCUT2D eigenvalue weighted by Crippen LogP contribution is 2.29. The zero-order valence-electron chi connectivity index (χ0n) is 14.1. The van der Waals surface area contributed by atoms with Gasteiger partial charge in [-0.3, -0.25) is 19.2 Å². The molecule has 1 saturated heterocycles. The second-order valence-electron chi connectivity index (χ2n) is 5.20. The van der Waals surface area contributed by atoms with E-state index in [0.29, 0.717) is 0 Å². The van der Waals surface area contributed by atoms with E-state index < -0.39 is 61.1 Å². The summed E-state index contributed by atoms with van der Waals surface area (Å²) in [5.41, 5.74) is 0. The van der Waals surface area contributed by atoms with E-state index in [-0.39, 0.29) is 0 Å². The first-order chi connectivity index (χ1) is 11.6. The fourth-order valence-corrected chi connectivity index (χ4v) is 2.29. The van der Waals surface area contributed by atoms with Gasteiger partial charge >= 0.3 is 23.9 Å². The zero-order chi connectivity index (χ0) is 19.1. The predicted molar refractivity (Wildman–Crippen MR) is 77.8 cm³/mol. The molecule has 0 N–H and O–H groups in total. The van der Waals surface area contributed by atoms with Crippen molar-refractivity contribution in [2.45, 2.75) is 58.3 Å². The Kier molecular flexibility index (Phi) is 7.43. The summed E-state index contributed by atoms with van der Waals surface area (Å²) in [5.74, 6) is -2.97. The standard InChI is InChI=1S/C14H19NO10/c1-6(16)21-5-10-11(22-7(2)17)12(23-8(3)18)13(24-9(4)19)14(15-20)25-10/h10-14H,5H2,1-4H3/t10-,11+,12+,13-,14-/m1/s1. The first kappa shape index (κ1) is 20.5. The maximum Gasteiger partial charge on any atom is 0.303 e. The molecule has 0 amide bonds. The minimum Gasteiger partial charge on any atom is -0.463 e. The molecule has 140 valence electrons. The highest BCUT2D eigenvalue weighted by Gasteiger charge is 2.52. The van der Waals surface area contributed by atoms with Crippen LogP contribution in [0.3, 0.4) is 0 Å². The molecule has 0 aromatic heterocycles. The van der Waals surface area contributed by atoms with E-state index in [1.54, 1.807) is 0 Å². The van der Waals surface area contributed by atoms with Gasteiger partial charge in [-0.25, -0.2) is 0 Å². The minimum absolute atomic E-state index is 0.399. The number of rotatable bonds is 6. The van der Waals surface area contributed by atoms with Crippen LogP contribution < -0.4 is 0 Å². The molecular formula is C14H19NO10. The van der Waals surface area contributed by atoms with Crippen molar-refractivity contribution >= 4 is 23.9 Å². The van der Waals surface area contributed by atoms with Crippen molar-refractivity contribution in [2.24, 2.45) is 5.18 Å². The van der Waals surface area contributed by atoms with E-state index in [2.05, 4.69) is 5.18 Å². The van der Waals surface area contributed by atoms with Crippen molar-refractivity contribution in [3.8, 4) is 0 Å². The van der Waals surface area contributed by atoms with Gasteiger partial charge < -0.3 is 23.7 Å². The Bertz CT molecular complexity index is 548. The van der Waals surface area contributed by atoms with E-state index in [0.717, 1.165) is 27.7 Å². The maximum atomic E-state index is 11.4. The lowest BCUT2D eigenvalue weighted by Crippen LogP contribution is -2.61. The number of carbonyl (C=O) groups excluding carboxylic acids is 4. The van der Waals surface area contributed by atoms with E-state index >= 15 is 0 Å². The summed E-state index contributed by atoms with van der Waals surface area (Å²) in [6, 6.07) is 0. The maximum absolute atomic E-state index is 11.4. The van der Waals surface area contributed by atoms with Gasteiger partial charge in [0.25, 0.3) is 0 Å². The van der Waals surface area contributed by atoms with Gasteiger partial charge in [0.05, 0.1) is 0 Å². The molecule has 1 aliphatic heterocycles. The van der Waals surface area contributed by atoms with E-state index in [4.69, 9.17) is 23.7 Å². The van der Waals surface area contributed by atoms with Gasteiger partial charge in [-0.05, 0) is 5.18 Å². The molecule has 0 radical (unpaired) electrons. The Balaban J connectivity index is 3.20. The van der Waals surface area contributed by atoms with E-state index in [1.165, 1.54) is 0 Å². The van der Waals surface area contributed by atoms with Crippen LogP contribution >= 0.6 is 0 Å². The molecular weight excluding hydrogens is 342 g/mol. The Morgan fingerprint density at radius 2 is 1.28 bits per heavy atom. The van der Waals surface area contributed by atoms with Gasteiger partial charge in [-0.15, -0.1) is 4.91 Å². The van der Waals surface area contributed by atoms with Crippen molar-refractivity contribution < 1.29 is 42.9 Å². The van der Waals surface area contributed by atoms with Gasteiger partial charge in [-0.2, -0.15) is 0 Å². The number of hydrogen-bond donors (Lipinski definition) is 0. The fourth-order valence-electron chi connectivity index (χ4n) is 2.29. The number of carbonyl (C=O) groups is 4. The van der Waals surface area contributed by atoms with Gasteiger partial charge in [-0.1, -0.05) is 0 Å². The zero-order valence-corrected chi connectivity index (χ0v) is 14.1. The molecule has 5 atom stereocenters. The molecule has 0 spiro atoms. The first-order valence-electron chi connectivity index (χ1n) is 7.28. The lowest BCUT2D eigenvalue weighted by atomic mass is 9.97. The van der Waals surface area contributed by atoms with Crippen LogP contribution in [0.2, 0.25) is 0 Å². The van der Waals surface area contributed by atoms with Crippen molar-refractivity contribution in [1.29, 1.82) is 0 Å². The largest absolute Gasteiger partial charge is 0.463 e. The molecule has 11 nitrogen and oxygen atoms in total. The lowest BCUT2D eigenvalue weighted by molar-refractivity contribution is -0.251. The SMILES string of the molecule is CC(=O)OC[C@H]1O[C@@H](N=O)[C@H](OC(C)=O)[C@@H](OC(C)=O)[C@H]1OC(C)=O. The third-order valence-corrected chi connectivity index (χ3v) is 3.07. The highest BCUT2D eigenvalue weighted by molar-refractivity contribution is 5.68. The Morgan fingerprint density at radius 1 is 0.800 bits per heavy atom. The van der Waals surface area contributed by atoms with Crippen LogP contribution in [-0.2, 0) is 42.9 Å². The summed E-state index contributed by atoms with van der Waals surface area (Å²) >= 11 is 0. The Morgan fingerprint density at radius 3 is 1.72 bits per heavy atom. The van der Waals surface area contributed by atoms with Gasteiger partial charge in [0.2, 0.25) is 6.23 Å². The molecule has 0 aromatic rings. The number of ether oxygens (including phenoxy) is 5. The second kappa shape index (κ2) is 9.06. The minimum atomic E-state index is -1.55. The van der Waals surface area contributed by atoms with Crippen molar-refractivity contribution in [2.75, 3.05) is 6.61 Å². The van der Waals surface area contributed by atoms with Crippen LogP contribution in [0.4, 0.5) is 0 Å². The molecule has 0 aromatic carbocycles. The molecule has 0 unspecified atom stereocenters. The van der Waals surface area contributed by atoms with E-state index in [9.17, 15) is 24.1 Å². The summed E-state index contributed by atoms with van der Waals surface area (Å²) in [5, 5.41) is 2.71. The van der Waals surface area contributed by atoms with Crippen LogP contribution in [0.25, 0.3) is 0 Å². The normalized spacial score (nSPS) is 28.4. The van der Waals surface area contributed by atoms with Crippen LogP contribution in [0.5, 0.6) is 0 Å². The number of nitroso groups, excluding NO2 is 1. The average molecular weight is 361 g/mol. The lowest BCUT2D eigenvalue weighted by Gasteiger charge is -2.42. The molecule has 0 aliphatic carbocycles. The molecule has 25 heavy (non-hydrogen) atoms.